The lowest BCUT2D eigenvalue weighted by atomic mass is 10.1. The van der Waals surface area contributed by atoms with E-state index in [4.69, 9.17) is 0 Å². The van der Waals surface area contributed by atoms with Crippen molar-refractivity contribution in [2.24, 2.45) is 0 Å². The van der Waals surface area contributed by atoms with E-state index in [1.54, 1.807) is 18.6 Å². The summed E-state index contributed by atoms with van der Waals surface area (Å²) in [5.74, 6) is 0. The molecule has 0 amide bonds. The summed E-state index contributed by atoms with van der Waals surface area (Å²) in [4.78, 5) is 21.4. The average Bonchev–Trinajstić information content (AvgIpc) is 3.53. The second-order valence-electron chi connectivity index (χ2n) is 8.68. The topological polar surface area (TPSA) is 108 Å². The molecule has 0 bridgehead atoms. The Morgan fingerprint density at radius 1 is 0.917 bits per heavy atom. The molecule has 0 saturated heterocycles. The van der Waals surface area contributed by atoms with Crippen LogP contribution in [-0.2, 0) is 0 Å². The van der Waals surface area contributed by atoms with Gasteiger partial charge in [0.05, 0.1) is 29.0 Å². The van der Waals surface area contributed by atoms with Gasteiger partial charge < -0.3 is 10.3 Å². The van der Waals surface area contributed by atoms with Crippen LogP contribution in [0.3, 0.4) is 0 Å². The van der Waals surface area contributed by atoms with E-state index >= 15 is 0 Å². The molecule has 0 aromatic carbocycles. The predicted octanol–water partition coefficient (Wildman–Crippen LogP) is 6.35. The van der Waals surface area contributed by atoms with Crippen LogP contribution in [0.1, 0.15) is 19.8 Å². The van der Waals surface area contributed by atoms with Crippen molar-refractivity contribution in [3.05, 3.63) is 85.9 Å². The van der Waals surface area contributed by atoms with Crippen LogP contribution in [0.5, 0.6) is 0 Å². The minimum absolute atomic E-state index is 0.650. The van der Waals surface area contributed by atoms with Gasteiger partial charge in [-0.3, -0.25) is 20.1 Å². The van der Waals surface area contributed by atoms with Crippen LogP contribution in [0.15, 0.2) is 85.9 Å². The largest absolute Gasteiger partial charge is 0.358 e. The Kier molecular flexibility index (Phi) is 5.46. The Hall–Kier alpha value is -4.85. The highest BCUT2D eigenvalue weighted by atomic mass is 15.2. The lowest BCUT2D eigenvalue weighted by molar-refractivity contribution is 0.913. The molecule has 0 fully saturated rings. The van der Waals surface area contributed by atoms with E-state index in [0.29, 0.717) is 5.65 Å². The normalized spacial score (nSPS) is 11.2. The highest BCUT2D eigenvalue weighted by molar-refractivity contribution is 5.99. The number of nitrogens with zero attached hydrogens (tertiary/aromatic N) is 5. The molecule has 0 unspecified atom stereocenters. The lowest BCUT2D eigenvalue weighted by Crippen LogP contribution is -1.98. The SMILES string of the molecule is C=C(CCC)Nc1cncc(-c2cnc3n[nH]c(-c4cc5c(-c6cccnc6)nccc5[nH]4)c3c2)c1. The monoisotopic (exact) mass is 472 g/mol. The standard InChI is InChI=1S/C28H24N8/c1-3-5-17(2)33-21-10-19(14-30-16-21)20-11-23-27(35-36-28(23)32-15-20)25-12-22-24(34-25)7-9-31-26(22)18-6-4-8-29-13-18/h4,6-16,33-34H,2-3,5H2,1H3,(H,32,35,36). The number of aromatic nitrogens is 7. The number of fused-ring (bicyclic) bond motifs is 2. The van der Waals surface area contributed by atoms with Crippen LogP contribution in [0.2, 0.25) is 0 Å². The first-order chi connectivity index (χ1) is 17.7. The van der Waals surface area contributed by atoms with Gasteiger partial charge in [0.25, 0.3) is 0 Å². The van der Waals surface area contributed by atoms with Crippen molar-refractivity contribution in [2.45, 2.75) is 19.8 Å². The summed E-state index contributed by atoms with van der Waals surface area (Å²) in [6.45, 7) is 6.22. The first-order valence-corrected chi connectivity index (χ1v) is 11.8. The summed E-state index contributed by atoms with van der Waals surface area (Å²) in [6.07, 6.45) is 12.8. The second-order valence-corrected chi connectivity index (χ2v) is 8.68. The summed E-state index contributed by atoms with van der Waals surface area (Å²) in [6, 6.07) is 12.1. The number of hydrogen-bond donors (Lipinski definition) is 3. The molecule has 6 aromatic rings. The van der Waals surface area contributed by atoms with Gasteiger partial charge >= 0.3 is 0 Å². The zero-order valence-corrected chi connectivity index (χ0v) is 19.8. The van der Waals surface area contributed by atoms with Gasteiger partial charge in [0.15, 0.2) is 5.65 Å². The van der Waals surface area contributed by atoms with E-state index in [1.165, 1.54) is 0 Å². The van der Waals surface area contributed by atoms with Crippen LogP contribution in [0.25, 0.3) is 55.7 Å². The summed E-state index contributed by atoms with van der Waals surface area (Å²) in [5, 5.41) is 12.9. The minimum Gasteiger partial charge on any atom is -0.358 e. The molecule has 0 atom stereocenters. The molecule has 0 radical (unpaired) electrons. The van der Waals surface area contributed by atoms with Crippen LogP contribution >= 0.6 is 0 Å². The van der Waals surface area contributed by atoms with Gasteiger partial charge in [-0.2, -0.15) is 5.10 Å². The maximum absolute atomic E-state index is 4.61. The highest BCUT2D eigenvalue weighted by Crippen LogP contribution is 2.33. The molecule has 6 rings (SSSR count). The third-order valence-electron chi connectivity index (χ3n) is 6.11. The van der Waals surface area contributed by atoms with Crippen molar-refractivity contribution in [3.63, 3.8) is 0 Å². The first-order valence-electron chi connectivity index (χ1n) is 11.8. The quantitative estimate of drug-likeness (QED) is 0.250. The fourth-order valence-corrected chi connectivity index (χ4v) is 4.42. The molecule has 8 nitrogen and oxygen atoms in total. The lowest BCUT2D eigenvalue weighted by Gasteiger charge is -2.09. The molecule has 3 N–H and O–H groups in total. The van der Waals surface area contributed by atoms with Gasteiger partial charge in [0.2, 0.25) is 0 Å². The fraction of sp³-hybridized carbons (Fsp3) is 0.107. The third kappa shape index (κ3) is 3.98. The smallest absolute Gasteiger partial charge is 0.181 e. The Morgan fingerprint density at radius 2 is 1.81 bits per heavy atom. The summed E-state index contributed by atoms with van der Waals surface area (Å²) >= 11 is 0. The molecule has 6 heterocycles. The molecule has 0 aliphatic rings. The predicted molar refractivity (Wildman–Crippen MR) is 143 cm³/mol. The van der Waals surface area contributed by atoms with Crippen molar-refractivity contribution in [1.82, 2.24) is 35.1 Å². The zero-order valence-electron chi connectivity index (χ0n) is 19.8. The number of pyridine rings is 4. The van der Waals surface area contributed by atoms with Crippen LogP contribution in [-0.4, -0.2) is 35.1 Å². The molecule has 6 aromatic heterocycles. The van der Waals surface area contributed by atoms with E-state index < -0.39 is 0 Å². The van der Waals surface area contributed by atoms with Crippen molar-refractivity contribution < 1.29 is 0 Å². The Labute approximate surface area is 207 Å². The van der Waals surface area contributed by atoms with Crippen LogP contribution in [0, 0.1) is 0 Å². The number of rotatable bonds is 7. The molecule has 0 spiro atoms. The molecular weight excluding hydrogens is 448 g/mol. The molecule has 0 aliphatic heterocycles. The molecule has 8 heteroatoms. The van der Waals surface area contributed by atoms with E-state index in [-0.39, 0.29) is 0 Å². The number of allylic oxidation sites excluding steroid dienone is 1. The third-order valence-corrected chi connectivity index (χ3v) is 6.11. The van der Waals surface area contributed by atoms with Gasteiger partial charge in [-0.15, -0.1) is 0 Å². The number of hydrogen-bond acceptors (Lipinski definition) is 6. The maximum atomic E-state index is 4.61. The van der Waals surface area contributed by atoms with Crippen molar-refractivity contribution in [1.29, 1.82) is 0 Å². The molecule has 36 heavy (non-hydrogen) atoms. The highest BCUT2D eigenvalue weighted by Gasteiger charge is 2.15. The van der Waals surface area contributed by atoms with Crippen LogP contribution < -0.4 is 5.32 Å². The van der Waals surface area contributed by atoms with Gasteiger partial charge in [-0.25, -0.2) is 4.98 Å². The number of anilines is 1. The van der Waals surface area contributed by atoms with Gasteiger partial charge in [-0.1, -0.05) is 19.9 Å². The molecule has 0 aliphatic carbocycles. The van der Waals surface area contributed by atoms with E-state index in [0.717, 1.165) is 74.3 Å². The first kappa shape index (κ1) is 21.7. The average molecular weight is 473 g/mol. The van der Waals surface area contributed by atoms with E-state index in [1.807, 2.05) is 36.8 Å². The number of nitrogens with one attached hydrogen (secondary N) is 3. The van der Waals surface area contributed by atoms with E-state index in [9.17, 15) is 0 Å². The summed E-state index contributed by atoms with van der Waals surface area (Å²) in [7, 11) is 0. The number of H-pyrrole nitrogens is 2. The van der Waals surface area contributed by atoms with Gasteiger partial charge in [0.1, 0.15) is 0 Å². The van der Waals surface area contributed by atoms with E-state index in [2.05, 4.69) is 72.1 Å². The Bertz CT molecular complexity index is 1700. The van der Waals surface area contributed by atoms with Crippen molar-refractivity contribution in [2.75, 3.05) is 5.32 Å². The van der Waals surface area contributed by atoms with Gasteiger partial charge in [-0.05, 0) is 42.8 Å². The van der Waals surface area contributed by atoms with Gasteiger partial charge in [0, 0.05) is 69.7 Å². The Balaban J connectivity index is 1.40. The minimum atomic E-state index is 0.650. The molecular formula is C28H24N8. The van der Waals surface area contributed by atoms with Crippen LogP contribution in [0.4, 0.5) is 5.69 Å². The Morgan fingerprint density at radius 3 is 2.67 bits per heavy atom. The zero-order chi connectivity index (χ0) is 24.5. The number of aromatic amines is 2. The summed E-state index contributed by atoms with van der Waals surface area (Å²) in [5.41, 5.74) is 9.06. The molecule has 0 saturated carbocycles. The maximum Gasteiger partial charge on any atom is 0.181 e. The summed E-state index contributed by atoms with van der Waals surface area (Å²) < 4.78 is 0. The van der Waals surface area contributed by atoms with Crippen molar-refractivity contribution >= 4 is 27.6 Å². The van der Waals surface area contributed by atoms with Crippen molar-refractivity contribution in [3.8, 4) is 33.8 Å². The molecule has 176 valence electrons. The second kappa shape index (κ2) is 9.07. The fourth-order valence-electron chi connectivity index (χ4n) is 4.42.